The molecule has 0 bridgehead atoms. The Morgan fingerprint density at radius 1 is 1.09 bits per heavy atom. The van der Waals surface area contributed by atoms with Gasteiger partial charge in [0.05, 0.1) is 27.4 Å². The van der Waals surface area contributed by atoms with Gasteiger partial charge in [-0.05, 0) is 29.7 Å². The molecule has 3 aliphatic rings. The number of morpholine rings is 1. The van der Waals surface area contributed by atoms with Gasteiger partial charge in [0, 0.05) is 52.1 Å². The highest BCUT2D eigenvalue weighted by Crippen LogP contribution is 2.37. The molecular formula is C23H32N4O6. The van der Waals surface area contributed by atoms with E-state index in [1.54, 1.807) is 19.1 Å². The molecule has 1 aromatic carbocycles. The number of hydrogen-bond donors (Lipinski definition) is 1. The minimum absolute atomic E-state index is 0.0633. The van der Waals surface area contributed by atoms with E-state index >= 15 is 0 Å². The highest BCUT2D eigenvalue weighted by Gasteiger charge is 2.47. The lowest BCUT2D eigenvalue weighted by molar-refractivity contribution is -0.129. The lowest BCUT2D eigenvalue weighted by atomic mass is 9.94. The van der Waals surface area contributed by atoms with Gasteiger partial charge in [0.2, 0.25) is 5.91 Å². The molecule has 0 spiro atoms. The number of methoxy groups -OCH3 is 2. The zero-order chi connectivity index (χ0) is 23.4. The largest absolute Gasteiger partial charge is 0.493 e. The van der Waals surface area contributed by atoms with E-state index < -0.39 is 6.04 Å². The standard InChI is InChI=1S/C23H32N4O6/c1-31-19-13-16-12-18-22(29)26(23(30)27(18)15-17(16)14-20(19)32-2)6-3-4-21(28)24-5-7-25-8-10-33-11-9-25/h13-14,18H,3-12,15H2,1-2H3,(H,24,28). The number of nitrogens with one attached hydrogen (secondary N) is 1. The summed E-state index contributed by atoms with van der Waals surface area (Å²) < 4.78 is 16.1. The molecule has 0 saturated carbocycles. The molecule has 3 heterocycles. The molecule has 1 atom stereocenters. The van der Waals surface area contributed by atoms with Crippen molar-refractivity contribution in [2.75, 3.05) is 60.2 Å². The predicted molar refractivity (Wildman–Crippen MR) is 119 cm³/mol. The van der Waals surface area contributed by atoms with Gasteiger partial charge in [0.25, 0.3) is 5.91 Å². The summed E-state index contributed by atoms with van der Waals surface area (Å²) in [6, 6.07) is 2.95. The van der Waals surface area contributed by atoms with Crippen molar-refractivity contribution in [2.45, 2.75) is 31.8 Å². The number of fused-ring (bicyclic) bond motifs is 2. The molecule has 0 aromatic heterocycles. The zero-order valence-electron chi connectivity index (χ0n) is 19.3. The fraction of sp³-hybridized carbons (Fsp3) is 0.609. The van der Waals surface area contributed by atoms with Crippen LogP contribution in [0.1, 0.15) is 24.0 Å². The highest BCUT2D eigenvalue weighted by atomic mass is 16.5. The van der Waals surface area contributed by atoms with Crippen molar-refractivity contribution in [3.8, 4) is 11.5 Å². The van der Waals surface area contributed by atoms with Crippen LogP contribution < -0.4 is 14.8 Å². The van der Waals surface area contributed by atoms with Gasteiger partial charge < -0.3 is 24.4 Å². The summed E-state index contributed by atoms with van der Waals surface area (Å²) in [6.07, 6.45) is 1.16. The number of carbonyl (C=O) groups excluding carboxylic acids is 3. The number of imide groups is 1. The van der Waals surface area contributed by atoms with E-state index in [1.807, 2.05) is 12.1 Å². The van der Waals surface area contributed by atoms with E-state index in [0.29, 0.717) is 37.4 Å². The van der Waals surface area contributed by atoms with Crippen LogP contribution >= 0.6 is 0 Å². The van der Waals surface area contributed by atoms with Gasteiger partial charge in [-0.1, -0.05) is 0 Å². The van der Waals surface area contributed by atoms with Crippen LogP contribution in [0.15, 0.2) is 12.1 Å². The number of hydrogen-bond acceptors (Lipinski definition) is 7. The smallest absolute Gasteiger partial charge is 0.327 e. The Kier molecular flexibility index (Phi) is 7.34. The van der Waals surface area contributed by atoms with E-state index in [9.17, 15) is 14.4 Å². The molecule has 1 unspecified atom stereocenters. The third-order valence-corrected chi connectivity index (χ3v) is 6.50. The predicted octanol–water partition coefficient (Wildman–Crippen LogP) is 0.621. The number of nitrogens with zero attached hydrogens (tertiary/aromatic N) is 3. The molecule has 1 N–H and O–H groups in total. The number of rotatable bonds is 9. The number of urea groups is 1. The molecule has 1 aromatic rings. The maximum Gasteiger partial charge on any atom is 0.327 e. The van der Waals surface area contributed by atoms with Crippen molar-refractivity contribution in [1.29, 1.82) is 0 Å². The number of carbonyl (C=O) groups is 3. The quantitative estimate of drug-likeness (QED) is 0.539. The van der Waals surface area contributed by atoms with E-state index in [1.165, 1.54) is 4.90 Å². The first-order valence-corrected chi connectivity index (χ1v) is 11.4. The van der Waals surface area contributed by atoms with Crippen LogP contribution in [0.4, 0.5) is 4.79 Å². The first-order chi connectivity index (χ1) is 16.0. The minimum Gasteiger partial charge on any atom is -0.493 e. The van der Waals surface area contributed by atoms with Crippen LogP contribution in [-0.4, -0.2) is 98.7 Å². The van der Waals surface area contributed by atoms with Crippen molar-refractivity contribution in [3.05, 3.63) is 23.3 Å². The number of amides is 4. The summed E-state index contributed by atoms with van der Waals surface area (Å²) in [5.41, 5.74) is 1.93. The average molecular weight is 461 g/mol. The lowest BCUT2D eigenvalue weighted by Crippen LogP contribution is -2.41. The third kappa shape index (κ3) is 5.06. The molecule has 0 radical (unpaired) electrons. The van der Waals surface area contributed by atoms with Gasteiger partial charge in [-0.2, -0.15) is 0 Å². The van der Waals surface area contributed by atoms with Crippen LogP contribution in [0.5, 0.6) is 11.5 Å². The molecular weight excluding hydrogens is 428 g/mol. The average Bonchev–Trinajstić information content (AvgIpc) is 3.06. The molecule has 10 heteroatoms. The van der Waals surface area contributed by atoms with Gasteiger partial charge in [-0.25, -0.2) is 4.79 Å². The second-order valence-electron chi connectivity index (χ2n) is 8.50. The van der Waals surface area contributed by atoms with E-state index in [4.69, 9.17) is 14.2 Å². The molecule has 10 nitrogen and oxygen atoms in total. The first kappa shape index (κ1) is 23.3. The van der Waals surface area contributed by atoms with E-state index in [2.05, 4.69) is 10.2 Å². The van der Waals surface area contributed by atoms with E-state index in [-0.39, 0.29) is 30.8 Å². The minimum atomic E-state index is -0.509. The summed E-state index contributed by atoms with van der Waals surface area (Å²) in [4.78, 5) is 43.2. The molecule has 2 saturated heterocycles. The van der Waals surface area contributed by atoms with Gasteiger partial charge in [-0.15, -0.1) is 0 Å². The maximum absolute atomic E-state index is 13.0. The van der Waals surface area contributed by atoms with Crippen LogP contribution in [0.2, 0.25) is 0 Å². The van der Waals surface area contributed by atoms with Crippen molar-refractivity contribution in [3.63, 3.8) is 0 Å². The topological polar surface area (TPSA) is 101 Å². The Morgan fingerprint density at radius 3 is 2.48 bits per heavy atom. The summed E-state index contributed by atoms with van der Waals surface area (Å²) in [6.45, 7) is 5.21. The normalized spacial score (nSPS) is 20.5. The maximum atomic E-state index is 13.0. The second kappa shape index (κ2) is 10.4. The van der Waals surface area contributed by atoms with Gasteiger partial charge in [0.1, 0.15) is 6.04 Å². The number of benzene rings is 1. The Morgan fingerprint density at radius 2 is 1.79 bits per heavy atom. The summed E-state index contributed by atoms with van der Waals surface area (Å²) in [5.74, 6) is 0.946. The fourth-order valence-corrected chi connectivity index (χ4v) is 4.63. The molecule has 0 aliphatic carbocycles. The summed E-state index contributed by atoms with van der Waals surface area (Å²) in [7, 11) is 3.14. The van der Waals surface area contributed by atoms with Crippen molar-refractivity contribution in [1.82, 2.24) is 20.0 Å². The van der Waals surface area contributed by atoms with Gasteiger partial charge in [-0.3, -0.25) is 19.4 Å². The third-order valence-electron chi connectivity index (χ3n) is 6.50. The number of ether oxygens (including phenoxy) is 3. The monoisotopic (exact) mass is 460 g/mol. The molecule has 33 heavy (non-hydrogen) atoms. The Hall–Kier alpha value is -2.85. The Bertz CT molecular complexity index is 850. The van der Waals surface area contributed by atoms with Crippen LogP contribution in [0, 0.1) is 0 Å². The van der Waals surface area contributed by atoms with Crippen molar-refractivity contribution in [2.24, 2.45) is 0 Å². The highest BCUT2D eigenvalue weighted by molar-refractivity contribution is 6.04. The second-order valence-corrected chi connectivity index (χ2v) is 8.50. The van der Waals surface area contributed by atoms with Crippen LogP contribution in [-0.2, 0) is 27.3 Å². The summed E-state index contributed by atoms with van der Waals surface area (Å²) >= 11 is 0. The van der Waals surface area contributed by atoms with Gasteiger partial charge >= 0.3 is 6.03 Å². The first-order valence-electron chi connectivity index (χ1n) is 11.4. The summed E-state index contributed by atoms with van der Waals surface area (Å²) in [5, 5.41) is 2.92. The SMILES string of the molecule is COc1cc2c(cc1OC)CN1C(=O)N(CCCC(=O)NCCN3CCOCC3)C(=O)C1C2. The van der Waals surface area contributed by atoms with Crippen molar-refractivity contribution >= 4 is 17.8 Å². The zero-order valence-corrected chi connectivity index (χ0v) is 19.3. The Labute approximate surface area is 193 Å². The molecule has 180 valence electrons. The van der Waals surface area contributed by atoms with Crippen molar-refractivity contribution < 1.29 is 28.6 Å². The van der Waals surface area contributed by atoms with E-state index in [0.717, 1.165) is 44.0 Å². The lowest BCUT2D eigenvalue weighted by Gasteiger charge is -2.29. The molecule has 2 fully saturated rings. The molecule has 3 aliphatic heterocycles. The molecule has 4 amide bonds. The van der Waals surface area contributed by atoms with Crippen LogP contribution in [0.3, 0.4) is 0 Å². The van der Waals surface area contributed by atoms with Gasteiger partial charge in [0.15, 0.2) is 11.5 Å². The fourth-order valence-electron chi connectivity index (χ4n) is 4.63. The molecule has 4 rings (SSSR count). The van der Waals surface area contributed by atoms with Crippen LogP contribution in [0.25, 0.3) is 0 Å². The Balaban J connectivity index is 1.27.